The lowest BCUT2D eigenvalue weighted by Gasteiger charge is -2.20. The van der Waals surface area contributed by atoms with E-state index in [2.05, 4.69) is 5.32 Å². The van der Waals surface area contributed by atoms with E-state index in [9.17, 15) is 18.0 Å². The molecule has 0 radical (unpaired) electrons. The van der Waals surface area contributed by atoms with Gasteiger partial charge in [0, 0.05) is 18.8 Å². The summed E-state index contributed by atoms with van der Waals surface area (Å²) in [5, 5.41) is 2.58. The smallest absolute Gasteiger partial charge is 0.338 e. The maximum Gasteiger partial charge on any atom is 0.338 e. The van der Waals surface area contributed by atoms with Crippen molar-refractivity contribution in [3.05, 3.63) is 54.1 Å². The van der Waals surface area contributed by atoms with Crippen LogP contribution in [0.3, 0.4) is 0 Å². The first-order chi connectivity index (χ1) is 14.9. The van der Waals surface area contributed by atoms with Gasteiger partial charge in [-0.3, -0.25) is 4.79 Å². The third kappa shape index (κ3) is 6.05. The molecule has 1 aliphatic heterocycles. The molecule has 1 N–H and O–H groups in total. The number of sulfonamides is 1. The van der Waals surface area contributed by atoms with Crippen molar-refractivity contribution in [3.63, 3.8) is 0 Å². The van der Waals surface area contributed by atoms with Gasteiger partial charge in [-0.1, -0.05) is 25.0 Å². The zero-order valence-corrected chi connectivity index (χ0v) is 18.2. The highest BCUT2D eigenvalue weighted by Gasteiger charge is 2.25. The maximum absolute atomic E-state index is 12.9. The molecular formula is C22H26N2O6S. The van der Waals surface area contributed by atoms with Gasteiger partial charge in [-0.15, -0.1) is 0 Å². The number of carbonyl (C=O) groups excluding carboxylic acids is 2. The third-order valence-electron chi connectivity index (χ3n) is 4.96. The lowest BCUT2D eigenvalue weighted by molar-refractivity contribution is -0.119. The molecule has 1 amide bonds. The van der Waals surface area contributed by atoms with E-state index < -0.39 is 28.5 Å². The summed E-state index contributed by atoms with van der Waals surface area (Å²) in [6, 6.07) is 12.5. The Morgan fingerprint density at radius 1 is 1.00 bits per heavy atom. The first kappa shape index (κ1) is 22.8. The Kier molecular flexibility index (Phi) is 7.64. The summed E-state index contributed by atoms with van der Waals surface area (Å²) in [5.74, 6) is -0.728. The van der Waals surface area contributed by atoms with Gasteiger partial charge in [-0.25, -0.2) is 13.2 Å². The molecule has 0 saturated carbocycles. The van der Waals surface area contributed by atoms with Crippen LogP contribution >= 0.6 is 0 Å². The number of amides is 1. The molecule has 8 nitrogen and oxygen atoms in total. The number of ether oxygens (including phenoxy) is 2. The number of methoxy groups -OCH3 is 1. The molecule has 166 valence electrons. The van der Waals surface area contributed by atoms with Crippen LogP contribution in [-0.2, 0) is 19.6 Å². The average Bonchev–Trinajstić information content (AvgIpc) is 3.08. The van der Waals surface area contributed by atoms with Gasteiger partial charge in [0.2, 0.25) is 10.0 Å². The number of anilines is 1. The third-order valence-corrected chi connectivity index (χ3v) is 6.86. The van der Waals surface area contributed by atoms with E-state index in [1.54, 1.807) is 30.3 Å². The van der Waals surface area contributed by atoms with E-state index in [0.29, 0.717) is 24.5 Å². The topological polar surface area (TPSA) is 102 Å². The van der Waals surface area contributed by atoms with Gasteiger partial charge in [-0.2, -0.15) is 4.31 Å². The Morgan fingerprint density at radius 3 is 2.42 bits per heavy atom. The van der Waals surface area contributed by atoms with Crippen LogP contribution in [0.15, 0.2) is 53.4 Å². The Balaban J connectivity index is 1.61. The molecule has 2 aromatic carbocycles. The molecule has 1 heterocycles. The molecule has 3 rings (SSSR count). The number of nitrogens with zero attached hydrogens (tertiary/aromatic N) is 1. The molecule has 1 saturated heterocycles. The fourth-order valence-electron chi connectivity index (χ4n) is 3.33. The predicted octanol–water partition coefficient (Wildman–Crippen LogP) is 3.06. The molecule has 0 atom stereocenters. The van der Waals surface area contributed by atoms with E-state index in [1.165, 1.54) is 29.6 Å². The second-order valence-electron chi connectivity index (χ2n) is 7.20. The van der Waals surface area contributed by atoms with Gasteiger partial charge < -0.3 is 14.8 Å². The van der Waals surface area contributed by atoms with Crippen LogP contribution in [0.4, 0.5) is 5.69 Å². The normalized spacial score (nSPS) is 15.0. The quantitative estimate of drug-likeness (QED) is 0.656. The van der Waals surface area contributed by atoms with Crippen molar-refractivity contribution >= 4 is 27.6 Å². The van der Waals surface area contributed by atoms with Crippen LogP contribution in [0.25, 0.3) is 0 Å². The highest BCUT2D eigenvalue weighted by atomic mass is 32.2. The number of nitrogens with one attached hydrogen (secondary N) is 1. The van der Waals surface area contributed by atoms with Gasteiger partial charge in [-0.05, 0) is 49.2 Å². The molecule has 0 unspecified atom stereocenters. The molecule has 0 aliphatic carbocycles. The molecule has 31 heavy (non-hydrogen) atoms. The molecule has 1 aliphatic rings. The van der Waals surface area contributed by atoms with E-state index in [1.807, 2.05) is 0 Å². The van der Waals surface area contributed by atoms with E-state index >= 15 is 0 Å². The summed E-state index contributed by atoms with van der Waals surface area (Å²) >= 11 is 0. The number of hydrogen-bond acceptors (Lipinski definition) is 6. The van der Waals surface area contributed by atoms with Crippen molar-refractivity contribution < 1.29 is 27.5 Å². The van der Waals surface area contributed by atoms with Crippen molar-refractivity contribution in [2.75, 3.05) is 32.1 Å². The largest absolute Gasteiger partial charge is 0.497 e. The second-order valence-corrected chi connectivity index (χ2v) is 9.14. The maximum atomic E-state index is 12.9. The summed E-state index contributed by atoms with van der Waals surface area (Å²) < 4.78 is 37.5. The van der Waals surface area contributed by atoms with Gasteiger partial charge in [0.15, 0.2) is 6.61 Å². The van der Waals surface area contributed by atoms with Crippen LogP contribution in [0, 0.1) is 0 Å². The lowest BCUT2D eigenvalue weighted by atomic mass is 10.2. The molecule has 2 aromatic rings. The Hall–Kier alpha value is -2.91. The minimum Gasteiger partial charge on any atom is -0.497 e. The molecule has 1 fully saturated rings. The van der Waals surface area contributed by atoms with Crippen LogP contribution in [0.2, 0.25) is 0 Å². The Morgan fingerprint density at radius 2 is 1.71 bits per heavy atom. The summed E-state index contributed by atoms with van der Waals surface area (Å²) in [6.07, 6.45) is 3.73. The second kappa shape index (κ2) is 10.4. The van der Waals surface area contributed by atoms with E-state index in [-0.39, 0.29) is 10.5 Å². The first-order valence-corrected chi connectivity index (χ1v) is 11.6. The van der Waals surface area contributed by atoms with Crippen molar-refractivity contribution in [2.24, 2.45) is 0 Å². The average molecular weight is 447 g/mol. The minimum atomic E-state index is -3.63. The van der Waals surface area contributed by atoms with Crippen LogP contribution in [0.1, 0.15) is 36.0 Å². The first-order valence-electron chi connectivity index (χ1n) is 10.1. The molecule has 9 heteroatoms. The van der Waals surface area contributed by atoms with Crippen LogP contribution in [0.5, 0.6) is 5.75 Å². The van der Waals surface area contributed by atoms with Gasteiger partial charge in [0.1, 0.15) is 5.75 Å². The SMILES string of the molecule is COc1cccc(C(=O)OCC(=O)Nc2cccc(S(=O)(=O)N3CCCCCC3)c2)c1. The van der Waals surface area contributed by atoms with Crippen molar-refractivity contribution in [1.82, 2.24) is 4.31 Å². The minimum absolute atomic E-state index is 0.126. The van der Waals surface area contributed by atoms with Gasteiger partial charge in [0.05, 0.1) is 17.6 Å². The molecule has 0 aromatic heterocycles. The fraction of sp³-hybridized carbons (Fsp3) is 0.364. The highest BCUT2D eigenvalue weighted by molar-refractivity contribution is 7.89. The van der Waals surface area contributed by atoms with Crippen molar-refractivity contribution in [2.45, 2.75) is 30.6 Å². The summed E-state index contributed by atoms with van der Waals surface area (Å²) in [6.45, 7) is 0.497. The van der Waals surface area contributed by atoms with Crippen LogP contribution < -0.4 is 10.1 Å². The number of rotatable bonds is 7. The lowest BCUT2D eigenvalue weighted by Crippen LogP contribution is -2.32. The Bertz CT molecular complexity index is 1030. The van der Waals surface area contributed by atoms with Crippen molar-refractivity contribution in [3.8, 4) is 5.75 Å². The number of hydrogen-bond donors (Lipinski definition) is 1. The van der Waals surface area contributed by atoms with E-state index in [0.717, 1.165) is 25.7 Å². The van der Waals surface area contributed by atoms with Gasteiger partial charge in [0.25, 0.3) is 5.91 Å². The summed E-state index contributed by atoms with van der Waals surface area (Å²) in [5.41, 5.74) is 0.580. The standard InChI is InChI=1S/C22H26N2O6S/c1-29-19-10-6-8-17(14-19)22(26)30-16-21(25)23-18-9-7-11-20(15-18)31(27,28)24-12-4-2-3-5-13-24/h6-11,14-15H,2-5,12-13,16H2,1H3,(H,23,25). The van der Waals surface area contributed by atoms with Crippen molar-refractivity contribution in [1.29, 1.82) is 0 Å². The monoisotopic (exact) mass is 446 g/mol. The highest BCUT2D eigenvalue weighted by Crippen LogP contribution is 2.22. The molecule has 0 spiro atoms. The number of benzene rings is 2. The van der Waals surface area contributed by atoms with Crippen LogP contribution in [-0.4, -0.2) is 51.4 Å². The summed E-state index contributed by atoms with van der Waals surface area (Å²) in [7, 11) is -2.14. The predicted molar refractivity (Wildman–Crippen MR) is 116 cm³/mol. The zero-order chi connectivity index (χ0) is 22.3. The zero-order valence-electron chi connectivity index (χ0n) is 17.4. The summed E-state index contributed by atoms with van der Waals surface area (Å²) in [4.78, 5) is 24.4. The number of esters is 1. The number of carbonyl (C=O) groups is 2. The van der Waals surface area contributed by atoms with Gasteiger partial charge >= 0.3 is 5.97 Å². The fourth-order valence-corrected chi connectivity index (χ4v) is 4.89. The molecule has 0 bridgehead atoms. The molecular weight excluding hydrogens is 420 g/mol. The van der Waals surface area contributed by atoms with E-state index in [4.69, 9.17) is 9.47 Å². The Labute approximate surface area is 182 Å².